The first-order valence-electron chi connectivity index (χ1n) is 7.60. The Morgan fingerprint density at radius 1 is 1.12 bits per heavy atom. The Morgan fingerprint density at radius 3 is 2.52 bits per heavy atom. The van der Waals surface area contributed by atoms with Crippen LogP contribution in [-0.4, -0.2) is 31.1 Å². The number of carbonyl (C=O) groups excluding carboxylic acids is 3. The third-order valence-corrected chi connectivity index (χ3v) is 4.43. The van der Waals surface area contributed by atoms with E-state index >= 15 is 0 Å². The van der Waals surface area contributed by atoms with Crippen molar-refractivity contribution >= 4 is 40.8 Å². The van der Waals surface area contributed by atoms with Gasteiger partial charge in [0.15, 0.2) is 6.61 Å². The molecule has 2 N–H and O–H groups in total. The van der Waals surface area contributed by atoms with Gasteiger partial charge in [-0.1, -0.05) is 30.7 Å². The van der Waals surface area contributed by atoms with Crippen LogP contribution >= 0.6 is 22.9 Å². The van der Waals surface area contributed by atoms with Crippen LogP contribution in [0.5, 0.6) is 0 Å². The Kier molecular flexibility index (Phi) is 6.97. The third-order valence-electron chi connectivity index (χ3n) is 3.06. The van der Waals surface area contributed by atoms with E-state index in [9.17, 15) is 14.4 Å². The molecule has 0 saturated carbocycles. The van der Waals surface area contributed by atoms with Gasteiger partial charge < -0.3 is 10.1 Å². The van der Waals surface area contributed by atoms with E-state index in [0.29, 0.717) is 16.4 Å². The minimum Gasteiger partial charge on any atom is -0.451 e. The van der Waals surface area contributed by atoms with Crippen molar-refractivity contribution in [3.05, 3.63) is 46.3 Å². The van der Waals surface area contributed by atoms with E-state index in [1.165, 1.54) is 11.3 Å². The second-order valence-electron chi connectivity index (χ2n) is 5.05. The van der Waals surface area contributed by atoms with Crippen molar-refractivity contribution < 1.29 is 19.1 Å². The number of amides is 3. The lowest BCUT2D eigenvalue weighted by molar-refractivity contribution is -0.123. The maximum absolute atomic E-state index is 12.0. The summed E-state index contributed by atoms with van der Waals surface area (Å²) < 4.78 is 4.92. The largest absolute Gasteiger partial charge is 0.451 e. The number of imide groups is 1. The van der Waals surface area contributed by atoms with Gasteiger partial charge in [-0.2, -0.15) is 0 Å². The molecular formula is C17H17ClN2O4S. The molecule has 0 bridgehead atoms. The van der Waals surface area contributed by atoms with E-state index in [2.05, 4.69) is 10.6 Å². The topological polar surface area (TPSA) is 84.5 Å². The summed E-state index contributed by atoms with van der Waals surface area (Å²) in [4.78, 5) is 36.1. The highest BCUT2D eigenvalue weighted by atomic mass is 35.5. The van der Waals surface area contributed by atoms with E-state index in [4.69, 9.17) is 16.3 Å². The van der Waals surface area contributed by atoms with E-state index < -0.39 is 24.5 Å². The first kappa shape index (κ1) is 19.0. The number of halogens is 1. The quantitative estimate of drug-likeness (QED) is 0.751. The normalized spacial score (nSPS) is 10.2. The molecule has 2 rings (SSSR count). The second kappa shape index (κ2) is 9.19. The third kappa shape index (κ3) is 5.88. The van der Waals surface area contributed by atoms with Gasteiger partial charge in [0.1, 0.15) is 4.88 Å². The van der Waals surface area contributed by atoms with Gasteiger partial charge in [-0.15, -0.1) is 11.3 Å². The first-order valence-corrected chi connectivity index (χ1v) is 8.79. The summed E-state index contributed by atoms with van der Waals surface area (Å²) >= 11 is 7.10. The van der Waals surface area contributed by atoms with Gasteiger partial charge in [0, 0.05) is 16.4 Å². The average Bonchev–Trinajstić information content (AvgIpc) is 3.08. The lowest BCUT2D eigenvalue weighted by Crippen LogP contribution is -2.41. The highest BCUT2D eigenvalue weighted by molar-refractivity contribution is 7.17. The standard InChI is InChI=1S/C17H17ClN2O4S/c1-2-9-19-17(23)20-15(21)10-24-16(22)14-8-7-13(25-14)11-3-5-12(18)6-4-11/h3-8H,2,9-10H2,1H3,(H2,19,20,21,23). The van der Waals surface area contributed by atoms with Crippen LogP contribution in [-0.2, 0) is 9.53 Å². The van der Waals surface area contributed by atoms with Crippen molar-refractivity contribution in [1.29, 1.82) is 0 Å². The number of esters is 1. The van der Waals surface area contributed by atoms with Crippen LogP contribution in [0.3, 0.4) is 0 Å². The number of ether oxygens (including phenoxy) is 1. The Hall–Kier alpha value is -2.38. The Balaban J connectivity index is 1.86. The van der Waals surface area contributed by atoms with Gasteiger partial charge in [-0.05, 0) is 36.2 Å². The van der Waals surface area contributed by atoms with E-state index in [0.717, 1.165) is 16.9 Å². The van der Waals surface area contributed by atoms with E-state index in [-0.39, 0.29) is 0 Å². The zero-order valence-corrected chi connectivity index (χ0v) is 15.1. The van der Waals surface area contributed by atoms with Gasteiger partial charge in [0.2, 0.25) is 0 Å². The lowest BCUT2D eigenvalue weighted by atomic mass is 10.2. The molecule has 25 heavy (non-hydrogen) atoms. The molecule has 0 spiro atoms. The van der Waals surface area contributed by atoms with Crippen LogP contribution < -0.4 is 10.6 Å². The summed E-state index contributed by atoms with van der Waals surface area (Å²) in [5.41, 5.74) is 0.929. The fraction of sp³-hybridized carbons (Fsp3) is 0.235. The van der Waals surface area contributed by atoms with Crippen LogP contribution in [0.2, 0.25) is 5.02 Å². The SMILES string of the molecule is CCCNC(=O)NC(=O)COC(=O)c1ccc(-c2ccc(Cl)cc2)s1. The molecule has 3 amide bonds. The molecule has 1 heterocycles. The van der Waals surface area contributed by atoms with Gasteiger partial charge in [-0.3, -0.25) is 10.1 Å². The minimum atomic E-state index is -0.684. The van der Waals surface area contributed by atoms with Gasteiger partial charge in [-0.25, -0.2) is 9.59 Å². The zero-order valence-electron chi connectivity index (χ0n) is 13.5. The zero-order chi connectivity index (χ0) is 18.2. The smallest absolute Gasteiger partial charge is 0.348 e. The van der Waals surface area contributed by atoms with Crippen molar-refractivity contribution in [1.82, 2.24) is 10.6 Å². The molecule has 1 aromatic carbocycles. The molecule has 132 valence electrons. The van der Waals surface area contributed by atoms with Crippen LogP contribution in [0.1, 0.15) is 23.0 Å². The van der Waals surface area contributed by atoms with Crippen LogP contribution in [0, 0.1) is 0 Å². The van der Waals surface area contributed by atoms with Crippen molar-refractivity contribution in [3.8, 4) is 10.4 Å². The average molecular weight is 381 g/mol. The number of carbonyl (C=O) groups is 3. The van der Waals surface area contributed by atoms with E-state index in [1.807, 2.05) is 19.1 Å². The number of rotatable bonds is 6. The van der Waals surface area contributed by atoms with E-state index in [1.54, 1.807) is 24.3 Å². The fourth-order valence-electron chi connectivity index (χ4n) is 1.86. The summed E-state index contributed by atoms with van der Waals surface area (Å²) in [6.07, 6.45) is 0.755. The predicted octanol–water partition coefficient (Wildman–Crippen LogP) is 3.46. The number of hydrogen-bond acceptors (Lipinski definition) is 5. The number of nitrogens with one attached hydrogen (secondary N) is 2. The molecule has 6 nitrogen and oxygen atoms in total. The van der Waals surface area contributed by atoms with Crippen molar-refractivity contribution in [2.24, 2.45) is 0 Å². The van der Waals surface area contributed by atoms with Crippen molar-refractivity contribution in [2.45, 2.75) is 13.3 Å². The van der Waals surface area contributed by atoms with Crippen molar-refractivity contribution in [3.63, 3.8) is 0 Å². The Labute approximate surface area is 154 Å². The van der Waals surface area contributed by atoms with Gasteiger partial charge >= 0.3 is 12.0 Å². The molecule has 0 fully saturated rings. The Morgan fingerprint density at radius 2 is 1.84 bits per heavy atom. The molecule has 0 saturated heterocycles. The molecular weight excluding hydrogens is 364 g/mol. The summed E-state index contributed by atoms with van der Waals surface area (Å²) in [6.45, 7) is 1.83. The monoisotopic (exact) mass is 380 g/mol. The molecule has 1 aromatic heterocycles. The summed E-state index contributed by atoms with van der Waals surface area (Å²) in [7, 11) is 0. The molecule has 0 aliphatic carbocycles. The number of urea groups is 1. The molecule has 0 radical (unpaired) electrons. The summed E-state index contributed by atoms with van der Waals surface area (Å²) in [5, 5.41) is 5.21. The van der Waals surface area contributed by atoms with Crippen LogP contribution in [0.4, 0.5) is 4.79 Å². The molecule has 0 atom stereocenters. The van der Waals surface area contributed by atoms with Gasteiger partial charge in [0.25, 0.3) is 5.91 Å². The maximum atomic E-state index is 12.0. The lowest BCUT2D eigenvalue weighted by Gasteiger charge is -2.06. The number of thiophene rings is 1. The molecule has 0 unspecified atom stereocenters. The molecule has 0 aliphatic rings. The van der Waals surface area contributed by atoms with Crippen molar-refractivity contribution in [2.75, 3.05) is 13.2 Å². The highest BCUT2D eigenvalue weighted by Gasteiger charge is 2.14. The molecule has 8 heteroatoms. The van der Waals surface area contributed by atoms with Crippen LogP contribution in [0.25, 0.3) is 10.4 Å². The Bertz CT molecular complexity index is 758. The maximum Gasteiger partial charge on any atom is 0.348 e. The molecule has 0 aliphatic heterocycles. The van der Waals surface area contributed by atoms with Gasteiger partial charge in [0.05, 0.1) is 0 Å². The predicted molar refractivity (Wildman–Crippen MR) is 96.9 cm³/mol. The first-order chi connectivity index (χ1) is 12.0. The summed E-state index contributed by atoms with van der Waals surface area (Å²) in [5.74, 6) is -1.30. The molecule has 2 aromatic rings. The fourth-order valence-corrected chi connectivity index (χ4v) is 2.90. The minimum absolute atomic E-state index is 0.369. The number of hydrogen-bond donors (Lipinski definition) is 2. The van der Waals surface area contributed by atoms with Crippen LogP contribution in [0.15, 0.2) is 36.4 Å². The number of benzene rings is 1. The second-order valence-corrected chi connectivity index (χ2v) is 6.57. The highest BCUT2D eigenvalue weighted by Crippen LogP contribution is 2.29. The summed E-state index contributed by atoms with van der Waals surface area (Å²) in [6, 6.07) is 10.1.